The highest BCUT2D eigenvalue weighted by molar-refractivity contribution is 5.85. The van der Waals surface area contributed by atoms with Crippen molar-refractivity contribution in [3.63, 3.8) is 0 Å². The van der Waals surface area contributed by atoms with Crippen LogP contribution in [0.5, 0.6) is 0 Å². The molecule has 18 heavy (non-hydrogen) atoms. The van der Waals surface area contributed by atoms with E-state index >= 15 is 0 Å². The minimum Gasteiger partial charge on any atom is -0.381 e. The van der Waals surface area contributed by atoms with Crippen molar-refractivity contribution in [1.82, 2.24) is 5.32 Å². The zero-order chi connectivity index (χ0) is 13.3. The third-order valence-corrected chi connectivity index (χ3v) is 2.99. The van der Waals surface area contributed by atoms with Gasteiger partial charge in [-0.1, -0.05) is 6.08 Å². The molecule has 0 aromatic carbocycles. The van der Waals surface area contributed by atoms with Crippen LogP contribution < -0.4 is 5.32 Å². The minimum absolute atomic E-state index is 0.208. The highest BCUT2D eigenvalue weighted by atomic mass is 16.5. The van der Waals surface area contributed by atoms with E-state index in [0.717, 1.165) is 6.42 Å². The predicted octanol–water partition coefficient (Wildman–Crippen LogP) is 1.02. The quantitative estimate of drug-likeness (QED) is 0.542. The van der Waals surface area contributed by atoms with Crippen LogP contribution in [0, 0.1) is 16.7 Å². The molecule has 1 amide bonds. The average molecular weight is 252 g/mol. The summed E-state index contributed by atoms with van der Waals surface area (Å²) in [5, 5.41) is 11.9. The van der Waals surface area contributed by atoms with Gasteiger partial charge < -0.3 is 14.8 Å². The fraction of sp³-hybridized carbons (Fsp3) is 0.692. The molecule has 0 bridgehead atoms. The van der Waals surface area contributed by atoms with E-state index in [-0.39, 0.29) is 5.91 Å². The number of ether oxygens (including phenoxy) is 2. The van der Waals surface area contributed by atoms with E-state index < -0.39 is 5.41 Å². The number of carbonyl (C=O) groups excluding carboxylic acids is 1. The molecule has 0 aliphatic carbocycles. The molecule has 5 heteroatoms. The summed E-state index contributed by atoms with van der Waals surface area (Å²) in [5.41, 5.74) is -0.917. The fourth-order valence-electron chi connectivity index (χ4n) is 1.78. The van der Waals surface area contributed by atoms with Gasteiger partial charge in [-0.3, -0.25) is 4.79 Å². The molecule has 1 aliphatic rings. The molecule has 1 fully saturated rings. The van der Waals surface area contributed by atoms with Crippen molar-refractivity contribution < 1.29 is 14.3 Å². The summed E-state index contributed by atoms with van der Waals surface area (Å²) in [6, 6.07) is 2.13. The monoisotopic (exact) mass is 252 g/mol. The van der Waals surface area contributed by atoms with Gasteiger partial charge in [0.15, 0.2) is 0 Å². The second kappa shape index (κ2) is 7.85. The fourth-order valence-corrected chi connectivity index (χ4v) is 1.78. The molecule has 0 unspecified atom stereocenters. The van der Waals surface area contributed by atoms with Gasteiger partial charge in [-0.05, 0) is 19.3 Å². The Morgan fingerprint density at radius 2 is 2.22 bits per heavy atom. The predicted molar refractivity (Wildman–Crippen MR) is 66.7 cm³/mol. The summed E-state index contributed by atoms with van der Waals surface area (Å²) >= 11 is 0. The summed E-state index contributed by atoms with van der Waals surface area (Å²) in [7, 11) is 0. The summed E-state index contributed by atoms with van der Waals surface area (Å²) < 4.78 is 10.5. The lowest BCUT2D eigenvalue weighted by molar-refractivity contribution is -0.132. The highest BCUT2D eigenvalue weighted by Crippen LogP contribution is 2.29. The number of nitrogens with one attached hydrogen (secondary N) is 1. The second-order valence-corrected chi connectivity index (χ2v) is 4.25. The number of amides is 1. The van der Waals surface area contributed by atoms with Crippen LogP contribution in [-0.2, 0) is 14.3 Å². The number of nitrogens with zero attached hydrogens (tertiary/aromatic N) is 1. The molecule has 0 saturated carbocycles. The van der Waals surface area contributed by atoms with E-state index in [9.17, 15) is 10.1 Å². The first-order valence-electron chi connectivity index (χ1n) is 6.21. The van der Waals surface area contributed by atoms with E-state index in [0.29, 0.717) is 45.8 Å². The van der Waals surface area contributed by atoms with E-state index in [4.69, 9.17) is 9.47 Å². The lowest BCUT2D eigenvalue weighted by Crippen LogP contribution is -2.44. The van der Waals surface area contributed by atoms with Gasteiger partial charge in [0.2, 0.25) is 5.91 Å². The van der Waals surface area contributed by atoms with Crippen molar-refractivity contribution in [2.45, 2.75) is 19.3 Å². The smallest absolute Gasteiger partial charge is 0.240 e. The third-order valence-electron chi connectivity index (χ3n) is 2.99. The van der Waals surface area contributed by atoms with Gasteiger partial charge in [-0.15, -0.1) is 6.58 Å². The summed E-state index contributed by atoms with van der Waals surface area (Å²) in [5.74, 6) is -0.208. The highest BCUT2D eigenvalue weighted by Gasteiger charge is 2.40. The van der Waals surface area contributed by atoms with Crippen molar-refractivity contribution in [1.29, 1.82) is 5.26 Å². The first kappa shape index (κ1) is 14.7. The maximum Gasteiger partial charge on any atom is 0.240 e. The van der Waals surface area contributed by atoms with Gasteiger partial charge in [-0.25, -0.2) is 0 Å². The number of hydrogen-bond donors (Lipinski definition) is 1. The molecule has 100 valence electrons. The van der Waals surface area contributed by atoms with Crippen LogP contribution in [-0.4, -0.2) is 38.9 Å². The topological polar surface area (TPSA) is 71.3 Å². The molecular weight excluding hydrogens is 232 g/mol. The van der Waals surface area contributed by atoms with Crippen LogP contribution in [0.4, 0.5) is 0 Å². The SMILES string of the molecule is C=CCCOCCNC(=O)C1(C#N)CCOCC1. The second-order valence-electron chi connectivity index (χ2n) is 4.25. The van der Waals surface area contributed by atoms with Crippen molar-refractivity contribution in [3.8, 4) is 6.07 Å². The van der Waals surface area contributed by atoms with Crippen LogP contribution in [0.15, 0.2) is 12.7 Å². The zero-order valence-corrected chi connectivity index (χ0v) is 10.6. The zero-order valence-electron chi connectivity index (χ0n) is 10.6. The first-order valence-corrected chi connectivity index (χ1v) is 6.21. The van der Waals surface area contributed by atoms with Crippen molar-refractivity contribution >= 4 is 5.91 Å². The van der Waals surface area contributed by atoms with Gasteiger partial charge >= 0.3 is 0 Å². The standard InChI is InChI=1S/C13H20N2O3/c1-2-3-7-17-10-6-15-12(16)13(11-14)4-8-18-9-5-13/h2H,1,3-10H2,(H,15,16). The Morgan fingerprint density at radius 3 is 2.83 bits per heavy atom. The van der Waals surface area contributed by atoms with Crippen LogP contribution in [0.1, 0.15) is 19.3 Å². The van der Waals surface area contributed by atoms with Crippen molar-refractivity contribution in [2.24, 2.45) is 5.41 Å². The Morgan fingerprint density at radius 1 is 1.50 bits per heavy atom. The minimum atomic E-state index is -0.917. The average Bonchev–Trinajstić information content (AvgIpc) is 2.43. The molecule has 1 heterocycles. The van der Waals surface area contributed by atoms with Gasteiger partial charge in [0.1, 0.15) is 5.41 Å². The van der Waals surface area contributed by atoms with Gasteiger partial charge in [0.05, 0.1) is 19.3 Å². The lowest BCUT2D eigenvalue weighted by atomic mass is 9.81. The molecule has 0 atom stereocenters. The number of hydrogen-bond acceptors (Lipinski definition) is 4. The molecule has 0 spiro atoms. The molecule has 0 aromatic heterocycles. The normalized spacial score (nSPS) is 17.7. The number of rotatable bonds is 7. The molecule has 5 nitrogen and oxygen atoms in total. The largest absolute Gasteiger partial charge is 0.381 e. The van der Waals surface area contributed by atoms with E-state index in [1.54, 1.807) is 6.08 Å². The van der Waals surface area contributed by atoms with Crippen LogP contribution in [0.3, 0.4) is 0 Å². The molecule has 1 N–H and O–H groups in total. The molecule has 1 saturated heterocycles. The van der Waals surface area contributed by atoms with Crippen LogP contribution in [0.2, 0.25) is 0 Å². The number of carbonyl (C=O) groups is 1. The molecule has 0 radical (unpaired) electrons. The maximum absolute atomic E-state index is 12.0. The van der Waals surface area contributed by atoms with E-state index in [1.165, 1.54) is 0 Å². The number of nitriles is 1. The maximum atomic E-state index is 12.0. The Labute approximate surface area is 108 Å². The molecular formula is C13H20N2O3. The van der Waals surface area contributed by atoms with Crippen molar-refractivity contribution in [2.75, 3.05) is 33.0 Å². The molecule has 1 aliphatic heterocycles. The van der Waals surface area contributed by atoms with Crippen LogP contribution >= 0.6 is 0 Å². The van der Waals surface area contributed by atoms with E-state index in [2.05, 4.69) is 18.0 Å². The van der Waals surface area contributed by atoms with Gasteiger partial charge in [-0.2, -0.15) is 5.26 Å². The van der Waals surface area contributed by atoms with Crippen molar-refractivity contribution in [3.05, 3.63) is 12.7 Å². The van der Waals surface area contributed by atoms with Gasteiger partial charge in [0, 0.05) is 19.8 Å². The Hall–Kier alpha value is -1.38. The summed E-state index contributed by atoms with van der Waals surface area (Å²) in [6.45, 7) is 6.02. The first-order chi connectivity index (χ1) is 8.75. The van der Waals surface area contributed by atoms with E-state index in [1.807, 2.05) is 0 Å². The molecule has 0 aromatic rings. The van der Waals surface area contributed by atoms with Gasteiger partial charge in [0.25, 0.3) is 0 Å². The summed E-state index contributed by atoms with van der Waals surface area (Å²) in [6.07, 6.45) is 3.51. The lowest BCUT2D eigenvalue weighted by Gasteiger charge is -2.29. The Kier molecular flexibility index (Phi) is 6.40. The Bertz CT molecular complexity index is 317. The third kappa shape index (κ3) is 4.13. The Balaban J connectivity index is 2.26. The summed E-state index contributed by atoms with van der Waals surface area (Å²) in [4.78, 5) is 12.0. The molecule has 1 rings (SSSR count). The van der Waals surface area contributed by atoms with Crippen LogP contribution in [0.25, 0.3) is 0 Å².